The first kappa shape index (κ1) is 14.3. The Bertz CT molecular complexity index is 628. The van der Waals surface area contributed by atoms with Crippen molar-refractivity contribution in [1.82, 2.24) is 0 Å². The van der Waals surface area contributed by atoms with Crippen molar-refractivity contribution in [3.8, 4) is 11.5 Å². The molecule has 0 radical (unpaired) electrons. The number of benzene rings is 2. The third-order valence-electron chi connectivity index (χ3n) is 4.63. The maximum Gasteiger partial charge on any atom is 0.134 e. The highest BCUT2D eigenvalue weighted by Gasteiger charge is 2.35. The van der Waals surface area contributed by atoms with E-state index in [1.165, 1.54) is 24.8 Å². The Morgan fingerprint density at radius 2 is 1.43 bits per heavy atom. The topological polar surface area (TPSA) is 40.5 Å². The average molecular weight is 303 g/mol. The van der Waals surface area contributed by atoms with Gasteiger partial charge in [0, 0.05) is 5.41 Å². The van der Waals surface area contributed by atoms with Crippen molar-refractivity contribution in [3.05, 3.63) is 58.6 Å². The van der Waals surface area contributed by atoms with E-state index in [9.17, 15) is 10.2 Å². The third kappa shape index (κ3) is 2.60. The fourth-order valence-corrected chi connectivity index (χ4v) is 3.66. The zero-order chi connectivity index (χ0) is 14.9. The molecule has 1 aliphatic carbocycles. The summed E-state index contributed by atoms with van der Waals surface area (Å²) in [4.78, 5) is 0. The molecule has 110 valence electrons. The van der Waals surface area contributed by atoms with Crippen LogP contribution in [0.25, 0.3) is 0 Å². The number of aromatic hydroxyl groups is 2. The van der Waals surface area contributed by atoms with E-state index in [0.717, 1.165) is 18.4 Å². The van der Waals surface area contributed by atoms with Crippen molar-refractivity contribution in [2.45, 2.75) is 37.5 Å². The molecule has 0 atom stereocenters. The van der Waals surface area contributed by atoms with Gasteiger partial charge in [-0.1, -0.05) is 49.1 Å². The lowest BCUT2D eigenvalue weighted by Gasteiger charge is -2.38. The molecule has 1 fully saturated rings. The first-order valence-corrected chi connectivity index (χ1v) is 7.78. The molecular weight excluding hydrogens is 284 g/mol. The van der Waals surface area contributed by atoms with Gasteiger partial charge in [0.05, 0.1) is 5.02 Å². The molecule has 2 aromatic rings. The van der Waals surface area contributed by atoms with Crippen LogP contribution in [-0.2, 0) is 5.41 Å². The second kappa shape index (κ2) is 5.61. The highest BCUT2D eigenvalue weighted by atomic mass is 35.5. The Kier molecular flexibility index (Phi) is 3.81. The lowest BCUT2D eigenvalue weighted by molar-refractivity contribution is 0.345. The summed E-state index contributed by atoms with van der Waals surface area (Å²) in [6.45, 7) is 0. The van der Waals surface area contributed by atoms with E-state index in [-0.39, 0.29) is 16.9 Å². The van der Waals surface area contributed by atoms with Crippen LogP contribution in [0.2, 0.25) is 5.02 Å². The molecule has 1 saturated carbocycles. The molecule has 0 heterocycles. The van der Waals surface area contributed by atoms with Crippen molar-refractivity contribution in [3.63, 3.8) is 0 Å². The van der Waals surface area contributed by atoms with E-state index < -0.39 is 0 Å². The zero-order valence-corrected chi connectivity index (χ0v) is 12.6. The summed E-state index contributed by atoms with van der Waals surface area (Å²) in [5, 5.41) is 19.6. The smallest absolute Gasteiger partial charge is 0.134 e. The highest BCUT2D eigenvalue weighted by molar-refractivity contribution is 6.32. The standard InChI is InChI=1S/C18H19ClO2/c19-16-12-14(6-9-17(16)21)18(10-2-1-3-11-18)13-4-7-15(20)8-5-13/h4-9,12,20-21H,1-3,10-11H2. The van der Waals surface area contributed by atoms with Gasteiger partial charge >= 0.3 is 0 Å². The lowest BCUT2D eigenvalue weighted by Crippen LogP contribution is -2.30. The highest BCUT2D eigenvalue weighted by Crippen LogP contribution is 2.46. The summed E-state index contributed by atoms with van der Waals surface area (Å²) in [6.07, 6.45) is 5.75. The summed E-state index contributed by atoms with van der Waals surface area (Å²) in [7, 11) is 0. The number of phenolic OH excluding ortho intramolecular Hbond substituents is 2. The molecule has 1 aliphatic rings. The van der Waals surface area contributed by atoms with Gasteiger partial charge in [0.2, 0.25) is 0 Å². The van der Waals surface area contributed by atoms with Crippen LogP contribution in [0.4, 0.5) is 0 Å². The number of rotatable bonds is 2. The molecule has 2 N–H and O–H groups in total. The Labute approximate surface area is 130 Å². The first-order valence-electron chi connectivity index (χ1n) is 7.40. The largest absolute Gasteiger partial charge is 0.508 e. The SMILES string of the molecule is Oc1ccc(C2(c3ccc(O)c(Cl)c3)CCCCC2)cc1. The van der Waals surface area contributed by atoms with Crippen molar-refractivity contribution in [2.24, 2.45) is 0 Å². The van der Waals surface area contributed by atoms with Crippen molar-refractivity contribution in [1.29, 1.82) is 0 Å². The fraction of sp³-hybridized carbons (Fsp3) is 0.333. The van der Waals surface area contributed by atoms with E-state index in [2.05, 4.69) is 0 Å². The minimum atomic E-state index is -0.0662. The van der Waals surface area contributed by atoms with Crippen molar-refractivity contribution < 1.29 is 10.2 Å². The number of hydrogen-bond donors (Lipinski definition) is 2. The maximum atomic E-state index is 9.67. The molecule has 0 saturated heterocycles. The van der Waals surface area contributed by atoms with Crippen LogP contribution in [0.3, 0.4) is 0 Å². The number of halogens is 1. The van der Waals surface area contributed by atoms with Gasteiger partial charge in [-0.2, -0.15) is 0 Å². The molecule has 0 aromatic heterocycles. The van der Waals surface area contributed by atoms with Crippen LogP contribution in [0.1, 0.15) is 43.2 Å². The van der Waals surface area contributed by atoms with Crippen LogP contribution >= 0.6 is 11.6 Å². The fourth-order valence-electron chi connectivity index (χ4n) is 3.48. The second-order valence-corrected chi connectivity index (χ2v) is 6.26. The zero-order valence-electron chi connectivity index (χ0n) is 11.8. The molecule has 3 heteroatoms. The predicted molar refractivity (Wildman–Crippen MR) is 85.1 cm³/mol. The molecular formula is C18H19ClO2. The van der Waals surface area contributed by atoms with Crippen LogP contribution < -0.4 is 0 Å². The summed E-state index contributed by atoms with van der Waals surface area (Å²) in [6, 6.07) is 13.0. The van der Waals surface area contributed by atoms with Gasteiger partial charge in [-0.25, -0.2) is 0 Å². The first-order chi connectivity index (χ1) is 10.1. The maximum absolute atomic E-state index is 9.67. The quantitative estimate of drug-likeness (QED) is 0.819. The minimum Gasteiger partial charge on any atom is -0.508 e. The normalized spacial score (nSPS) is 17.6. The molecule has 21 heavy (non-hydrogen) atoms. The van der Waals surface area contributed by atoms with E-state index in [4.69, 9.17) is 11.6 Å². The molecule has 0 spiro atoms. The van der Waals surface area contributed by atoms with Crippen LogP contribution in [-0.4, -0.2) is 10.2 Å². The van der Waals surface area contributed by atoms with Crippen molar-refractivity contribution >= 4 is 11.6 Å². The second-order valence-electron chi connectivity index (χ2n) is 5.86. The molecule has 0 bridgehead atoms. The van der Waals surface area contributed by atoms with Crippen LogP contribution in [0, 0.1) is 0 Å². The Morgan fingerprint density at radius 3 is 2.05 bits per heavy atom. The molecule has 2 nitrogen and oxygen atoms in total. The third-order valence-corrected chi connectivity index (χ3v) is 4.93. The van der Waals surface area contributed by atoms with Gasteiger partial charge in [-0.15, -0.1) is 0 Å². The Balaban J connectivity index is 2.12. The summed E-state index contributed by atoms with van der Waals surface area (Å²) < 4.78 is 0. The molecule has 0 amide bonds. The number of phenols is 2. The summed E-state index contributed by atoms with van der Waals surface area (Å²) in [5.74, 6) is 0.408. The minimum absolute atomic E-state index is 0.0662. The monoisotopic (exact) mass is 302 g/mol. The van der Waals surface area contributed by atoms with Gasteiger partial charge in [0.15, 0.2) is 0 Å². The van der Waals surface area contributed by atoms with E-state index in [1.54, 1.807) is 18.2 Å². The number of hydrogen-bond acceptors (Lipinski definition) is 2. The van der Waals surface area contributed by atoms with Crippen LogP contribution in [0.5, 0.6) is 11.5 Å². The summed E-state index contributed by atoms with van der Waals surface area (Å²) in [5.41, 5.74) is 2.29. The van der Waals surface area contributed by atoms with E-state index in [1.807, 2.05) is 24.3 Å². The average Bonchev–Trinajstić information content (AvgIpc) is 2.51. The van der Waals surface area contributed by atoms with Gasteiger partial charge in [0.1, 0.15) is 11.5 Å². The van der Waals surface area contributed by atoms with E-state index >= 15 is 0 Å². The lowest BCUT2D eigenvalue weighted by atomic mass is 9.65. The van der Waals surface area contributed by atoms with Gasteiger partial charge < -0.3 is 10.2 Å². The van der Waals surface area contributed by atoms with Gasteiger partial charge in [-0.3, -0.25) is 0 Å². The molecule has 0 unspecified atom stereocenters. The van der Waals surface area contributed by atoms with Gasteiger partial charge in [-0.05, 0) is 48.2 Å². The Morgan fingerprint density at radius 1 is 0.810 bits per heavy atom. The van der Waals surface area contributed by atoms with E-state index in [0.29, 0.717) is 5.02 Å². The molecule has 2 aromatic carbocycles. The predicted octanol–water partition coefficient (Wildman–Crippen LogP) is 5.00. The van der Waals surface area contributed by atoms with Crippen molar-refractivity contribution in [2.75, 3.05) is 0 Å². The summed E-state index contributed by atoms with van der Waals surface area (Å²) >= 11 is 6.12. The van der Waals surface area contributed by atoms with Crippen LogP contribution in [0.15, 0.2) is 42.5 Å². The Hall–Kier alpha value is -1.67. The van der Waals surface area contributed by atoms with Gasteiger partial charge in [0.25, 0.3) is 0 Å². The molecule has 3 rings (SSSR count). The molecule has 0 aliphatic heterocycles.